The fourth-order valence-electron chi connectivity index (χ4n) is 12.7. The highest BCUT2D eigenvalue weighted by atomic mass is 16.5. The van der Waals surface area contributed by atoms with Gasteiger partial charge >= 0.3 is 0 Å². The zero-order chi connectivity index (χ0) is 52.8. The van der Waals surface area contributed by atoms with Crippen molar-refractivity contribution in [3.05, 3.63) is 298 Å². The largest absolute Gasteiger partial charge is 0.489 e. The second kappa shape index (κ2) is 22.8. The number of anilines is 3. The highest BCUT2D eigenvalue weighted by Crippen LogP contribution is 2.57. The predicted octanol–water partition coefficient (Wildman–Crippen LogP) is 20.3. The van der Waals surface area contributed by atoms with Gasteiger partial charge < -0.3 is 9.64 Å². The lowest BCUT2D eigenvalue weighted by Crippen LogP contribution is -2.29. The normalized spacial score (nSPS) is 14.9. The molecule has 0 saturated carbocycles. The Kier molecular flexibility index (Phi) is 14.8. The van der Waals surface area contributed by atoms with Crippen LogP contribution in [-0.4, -0.2) is 0 Å². The molecule has 2 nitrogen and oxygen atoms in total. The molecule has 0 bridgehead atoms. The van der Waals surface area contributed by atoms with Crippen LogP contribution in [0.5, 0.6) is 5.75 Å². The molecule has 3 atom stereocenters. The molecule has 10 aromatic carbocycles. The summed E-state index contributed by atoms with van der Waals surface area (Å²) in [5.41, 5.74) is 23.6. The lowest BCUT2D eigenvalue weighted by molar-refractivity contribution is 0.306. The van der Waals surface area contributed by atoms with Crippen LogP contribution in [0.15, 0.2) is 243 Å². The maximum absolute atomic E-state index is 6.64. The van der Waals surface area contributed by atoms with Gasteiger partial charge in [-0.25, -0.2) is 0 Å². The molecule has 0 heterocycles. The topological polar surface area (TPSA) is 12.5 Å². The molecule has 0 fully saturated rings. The van der Waals surface area contributed by atoms with E-state index in [1.807, 2.05) is 0 Å². The second-order valence-corrected chi connectivity index (χ2v) is 22.0. The third-order valence-electron chi connectivity index (χ3n) is 17.2. The molecular formula is C76H71NO. The molecule has 2 heteroatoms. The summed E-state index contributed by atoms with van der Waals surface area (Å²) in [6.07, 6.45) is 10.9. The van der Waals surface area contributed by atoms with E-state index in [-0.39, 0.29) is 0 Å². The van der Waals surface area contributed by atoms with Crippen molar-refractivity contribution in [1.82, 2.24) is 0 Å². The molecule has 0 aliphatic heterocycles. The number of ether oxygens (including phenoxy) is 1. The SMILES string of the molecule is CCCCCCc1ccc(C2(c3ccc(OCc4ccc(C(C)CC(CC)c5ccc6c(c5)CC6)cc4)cc3)c3ccccc3-c3ccc(N(c4ccc(-c5ccccc5)cc4)c4ccc(-c5ccccc5)cc4)cc32)cc1. The first-order valence-electron chi connectivity index (χ1n) is 28.9. The van der Waals surface area contributed by atoms with Gasteiger partial charge in [0.1, 0.15) is 12.4 Å². The van der Waals surface area contributed by atoms with E-state index in [1.165, 1.54) is 116 Å². The standard InChI is InChI=1S/C76H71NO/c1-4-6-7-10-17-55-26-38-66(39-27-55)76(67-40-47-71(48-41-67)78-53-56-24-28-58(29-25-56)54(3)50-57(5-2)64-32-30-63-31-33-65(63)51-64)74-23-16-15-22-72(74)73-49-46-70(52-75(73)76)77(68-42-34-61(35-43-68)59-18-11-8-12-19-59)69-44-36-62(37-45-69)60-20-13-9-14-21-60/h8-9,11-16,18-30,32,34-49,51-52,54,57H,4-7,10,17,31,33,50,53H2,1-3H3. The van der Waals surface area contributed by atoms with Crippen LogP contribution in [0.1, 0.15) is 127 Å². The van der Waals surface area contributed by atoms with Crippen LogP contribution in [0.3, 0.4) is 0 Å². The highest BCUT2D eigenvalue weighted by Gasteiger charge is 2.46. The van der Waals surface area contributed by atoms with E-state index in [0.717, 1.165) is 42.1 Å². The minimum Gasteiger partial charge on any atom is -0.489 e. The molecule has 10 aromatic rings. The Morgan fingerprint density at radius 1 is 0.449 bits per heavy atom. The number of unbranched alkanes of at least 4 members (excludes halogenated alkanes) is 3. The molecular weight excluding hydrogens is 943 g/mol. The molecule has 0 amide bonds. The summed E-state index contributed by atoms with van der Waals surface area (Å²) in [4.78, 5) is 2.43. The van der Waals surface area contributed by atoms with Crippen molar-refractivity contribution in [2.75, 3.05) is 4.90 Å². The summed E-state index contributed by atoms with van der Waals surface area (Å²) < 4.78 is 6.64. The minimum absolute atomic E-state index is 0.473. The average Bonchev–Trinajstić information content (AvgIpc) is 4.04. The Balaban J connectivity index is 0.890. The zero-order valence-corrected chi connectivity index (χ0v) is 45.7. The number of nitrogens with zero attached hydrogens (tertiary/aromatic N) is 1. The number of benzene rings is 10. The first kappa shape index (κ1) is 50.6. The lowest BCUT2D eigenvalue weighted by Gasteiger charge is -2.35. The molecule has 12 rings (SSSR count). The molecule has 3 unspecified atom stereocenters. The molecule has 78 heavy (non-hydrogen) atoms. The second-order valence-electron chi connectivity index (χ2n) is 22.0. The average molecular weight is 1010 g/mol. The van der Waals surface area contributed by atoms with Gasteiger partial charge in [0.2, 0.25) is 0 Å². The van der Waals surface area contributed by atoms with E-state index in [0.29, 0.717) is 18.4 Å². The quantitative estimate of drug-likeness (QED) is 0.0706. The number of rotatable bonds is 20. The molecule has 0 saturated heterocycles. The minimum atomic E-state index is -0.605. The van der Waals surface area contributed by atoms with E-state index in [9.17, 15) is 0 Å². The third-order valence-corrected chi connectivity index (χ3v) is 17.2. The van der Waals surface area contributed by atoms with Gasteiger partial charge in [-0.05, 0) is 188 Å². The van der Waals surface area contributed by atoms with Crippen molar-refractivity contribution in [2.24, 2.45) is 0 Å². The van der Waals surface area contributed by atoms with Crippen LogP contribution < -0.4 is 9.64 Å². The van der Waals surface area contributed by atoms with Crippen molar-refractivity contribution in [1.29, 1.82) is 0 Å². The number of fused-ring (bicyclic) bond motifs is 4. The summed E-state index contributed by atoms with van der Waals surface area (Å²) in [7, 11) is 0. The molecule has 0 radical (unpaired) electrons. The Bertz CT molecular complexity index is 3520. The van der Waals surface area contributed by atoms with Crippen LogP contribution in [0.2, 0.25) is 0 Å². The molecule has 0 aromatic heterocycles. The van der Waals surface area contributed by atoms with Gasteiger partial charge in [-0.15, -0.1) is 0 Å². The van der Waals surface area contributed by atoms with E-state index >= 15 is 0 Å². The summed E-state index contributed by atoms with van der Waals surface area (Å²) in [6, 6.07) is 90.7. The van der Waals surface area contributed by atoms with Gasteiger partial charge in [0.15, 0.2) is 0 Å². The molecule has 386 valence electrons. The van der Waals surface area contributed by atoms with Gasteiger partial charge in [0, 0.05) is 17.1 Å². The first-order valence-corrected chi connectivity index (χ1v) is 28.9. The maximum atomic E-state index is 6.64. The molecule has 0 N–H and O–H groups in total. The molecule has 0 spiro atoms. The summed E-state index contributed by atoms with van der Waals surface area (Å²) in [5, 5.41) is 0. The molecule has 2 aliphatic rings. The number of hydrogen-bond donors (Lipinski definition) is 0. The summed E-state index contributed by atoms with van der Waals surface area (Å²) >= 11 is 0. The van der Waals surface area contributed by atoms with Crippen LogP contribution in [0, 0.1) is 0 Å². The fraction of sp³-hybridized carbons (Fsp3) is 0.211. The van der Waals surface area contributed by atoms with Gasteiger partial charge in [0.05, 0.1) is 5.41 Å². The lowest BCUT2D eigenvalue weighted by atomic mass is 9.67. The number of hydrogen-bond acceptors (Lipinski definition) is 2. The smallest absolute Gasteiger partial charge is 0.119 e. The van der Waals surface area contributed by atoms with Crippen molar-refractivity contribution in [2.45, 2.75) is 102 Å². The van der Waals surface area contributed by atoms with Gasteiger partial charge in [0.25, 0.3) is 0 Å². The van der Waals surface area contributed by atoms with E-state index in [1.54, 1.807) is 11.1 Å². The number of aryl methyl sites for hydroxylation is 3. The van der Waals surface area contributed by atoms with E-state index < -0.39 is 5.41 Å². The zero-order valence-electron chi connectivity index (χ0n) is 45.7. The summed E-state index contributed by atoms with van der Waals surface area (Å²) in [6.45, 7) is 7.53. The van der Waals surface area contributed by atoms with Gasteiger partial charge in [-0.3, -0.25) is 0 Å². The van der Waals surface area contributed by atoms with Crippen molar-refractivity contribution in [3.63, 3.8) is 0 Å². The van der Waals surface area contributed by atoms with Crippen molar-refractivity contribution in [3.8, 4) is 39.1 Å². The third kappa shape index (κ3) is 10.1. The Labute approximate surface area is 464 Å². The Hall–Kier alpha value is -8.20. The van der Waals surface area contributed by atoms with Crippen LogP contribution in [0.25, 0.3) is 33.4 Å². The van der Waals surface area contributed by atoms with Crippen LogP contribution in [-0.2, 0) is 31.3 Å². The predicted molar refractivity (Wildman–Crippen MR) is 328 cm³/mol. The first-order chi connectivity index (χ1) is 38.5. The van der Waals surface area contributed by atoms with Crippen LogP contribution in [0.4, 0.5) is 17.1 Å². The molecule has 2 aliphatic carbocycles. The van der Waals surface area contributed by atoms with E-state index in [2.05, 4.69) is 268 Å². The Morgan fingerprint density at radius 3 is 1.60 bits per heavy atom. The van der Waals surface area contributed by atoms with Crippen molar-refractivity contribution >= 4 is 17.1 Å². The monoisotopic (exact) mass is 1010 g/mol. The highest BCUT2D eigenvalue weighted by molar-refractivity contribution is 5.90. The van der Waals surface area contributed by atoms with Gasteiger partial charge in [-0.1, -0.05) is 234 Å². The van der Waals surface area contributed by atoms with Gasteiger partial charge in [-0.2, -0.15) is 0 Å². The maximum Gasteiger partial charge on any atom is 0.119 e. The van der Waals surface area contributed by atoms with Crippen molar-refractivity contribution < 1.29 is 4.74 Å². The fourth-order valence-corrected chi connectivity index (χ4v) is 12.7. The van der Waals surface area contributed by atoms with Crippen LogP contribution >= 0.6 is 0 Å². The summed E-state index contributed by atoms with van der Waals surface area (Å²) in [5.74, 6) is 1.91. The Morgan fingerprint density at radius 2 is 1.00 bits per heavy atom. The van der Waals surface area contributed by atoms with E-state index in [4.69, 9.17) is 4.74 Å².